The van der Waals surface area contributed by atoms with Crippen LogP contribution in [-0.4, -0.2) is 82.5 Å². The number of ether oxygens (including phenoxy) is 6. The minimum atomic E-state index is -0.793. The van der Waals surface area contributed by atoms with Crippen molar-refractivity contribution >= 4 is 23.6 Å². The third-order valence-electron chi connectivity index (χ3n) is 11.8. The van der Waals surface area contributed by atoms with Gasteiger partial charge in [0.05, 0.1) is 61.1 Å². The predicted molar refractivity (Wildman–Crippen MR) is 201 cm³/mol. The first kappa shape index (κ1) is 40.6. The Bertz CT molecular complexity index is 1540. The molecule has 53 heavy (non-hydrogen) atoms. The van der Waals surface area contributed by atoms with E-state index in [4.69, 9.17) is 28.4 Å². The standard InChI is InChI=1S/C43H59NO9/c1-8-43(4,27-42(2,3)40(46)50-7)41(47)52-24-12-11-23-51-29-17-15-28(16-18-29)39(45)44-35-14-10-9-13-32(35)38-33-21-19-30(48-5)25-36(33)53-37-26-31(49-6)20-22-34(37)38/h9-10,13-18,30-31,33-34,36-37H,8,11-12,19-27H2,1-7H3/p+1. The van der Waals surface area contributed by atoms with Gasteiger partial charge in [0.1, 0.15) is 5.75 Å². The molecule has 0 radical (unpaired) electrons. The highest BCUT2D eigenvalue weighted by molar-refractivity contribution is 6.10. The average Bonchev–Trinajstić information content (AvgIpc) is 3.17. The fourth-order valence-corrected chi connectivity index (χ4v) is 8.66. The normalized spacial score (nSPS) is 27.4. The van der Waals surface area contributed by atoms with Crippen LogP contribution in [-0.2, 0) is 33.3 Å². The molecule has 5 rings (SSSR count). The predicted octanol–water partition coefficient (Wildman–Crippen LogP) is 5.88. The number of carbonyl (C=O) groups excluding carboxylic acids is 3. The zero-order valence-corrected chi connectivity index (χ0v) is 32.7. The zero-order chi connectivity index (χ0) is 38.2. The average molecular weight is 735 g/mol. The number of hydrogen-bond donors (Lipinski definition) is 1. The van der Waals surface area contributed by atoms with Crippen LogP contribution < -0.4 is 9.73 Å². The second-order valence-electron chi connectivity index (χ2n) is 15.9. The maximum Gasteiger partial charge on any atom is 0.418 e. The van der Waals surface area contributed by atoms with Gasteiger partial charge in [-0.05, 0) is 108 Å². The molecule has 4 aliphatic rings. The van der Waals surface area contributed by atoms with E-state index in [1.54, 1.807) is 40.2 Å². The quantitative estimate of drug-likeness (QED) is 0.185. The SMILES string of the molecule is CCC(C)(CC(C)(C)C(=O)OC)C(=O)OCCCCOc1ccc(C(=O)[NH+]=C2C=CC=CC2=C2C3CCC(OC)CC3OC3CC(OC)CCC23)cc1. The first-order chi connectivity index (χ1) is 25.4. The molecule has 3 aliphatic carbocycles. The fraction of sp³-hybridized carbons (Fsp3) is 0.628. The molecule has 1 heterocycles. The Labute approximate surface area is 315 Å². The summed E-state index contributed by atoms with van der Waals surface area (Å²) in [5.74, 6) is 0.402. The lowest BCUT2D eigenvalue weighted by molar-refractivity contribution is -0.343. The number of carbonyl (C=O) groups is 3. The molecule has 2 saturated carbocycles. The van der Waals surface area contributed by atoms with E-state index in [0.29, 0.717) is 43.6 Å². The van der Waals surface area contributed by atoms with E-state index in [9.17, 15) is 14.4 Å². The van der Waals surface area contributed by atoms with Gasteiger partial charge < -0.3 is 28.4 Å². The van der Waals surface area contributed by atoms with E-state index in [1.165, 1.54) is 12.7 Å². The molecule has 1 aromatic carbocycles. The summed E-state index contributed by atoms with van der Waals surface area (Å²) in [5.41, 5.74) is 2.30. The van der Waals surface area contributed by atoms with Gasteiger partial charge in [-0.2, -0.15) is 4.99 Å². The maximum atomic E-state index is 13.6. The summed E-state index contributed by atoms with van der Waals surface area (Å²) >= 11 is 0. The summed E-state index contributed by atoms with van der Waals surface area (Å²) in [7, 11) is 4.93. The van der Waals surface area contributed by atoms with Crippen molar-refractivity contribution in [3.8, 4) is 5.75 Å². The molecule has 0 bridgehead atoms. The molecule has 1 aromatic rings. The van der Waals surface area contributed by atoms with Gasteiger partial charge in [0, 0.05) is 50.5 Å². The molecule has 0 spiro atoms. The first-order valence-corrected chi connectivity index (χ1v) is 19.4. The Morgan fingerprint density at radius 3 is 2.00 bits per heavy atom. The van der Waals surface area contributed by atoms with Crippen LogP contribution in [0.1, 0.15) is 102 Å². The number of nitrogens with one attached hydrogen (secondary N) is 1. The summed E-state index contributed by atoms with van der Waals surface area (Å²) in [6.07, 6.45) is 16.7. The molecule has 3 fully saturated rings. The van der Waals surface area contributed by atoms with Crippen LogP contribution in [0.4, 0.5) is 0 Å². The third kappa shape index (κ3) is 9.75. The van der Waals surface area contributed by atoms with Crippen molar-refractivity contribution in [1.29, 1.82) is 0 Å². The number of amides is 1. The fourth-order valence-electron chi connectivity index (χ4n) is 8.66. The van der Waals surface area contributed by atoms with E-state index in [0.717, 1.165) is 49.8 Å². The Morgan fingerprint density at radius 2 is 1.42 bits per heavy atom. The molecule has 10 heteroatoms. The van der Waals surface area contributed by atoms with E-state index in [1.807, 2.05) is 38.1 Å². The van der Waals surface area contributed by atoms with E-state index < -0.39 is 10.8 Å². The first-order valence-electron chi connectivity index (χ1n) is 19.4. The van der Waals surface area contributed by atoms with Gasteiger partial charge in [0.25, 0.3) is 0 Å². The van der Waals surface area contributed by atoms with E-state index in [-0.39, 0.29) is 60.7 Å². The van der Waals surface area contributed by atoms with Gasteiger partial charge in [0.15, 0.2) is 0 Å². The van der Waals surface area contributed by atoms with Crippen LogP contribution in [0.3, 0.4) is 0 Å². The summed E-state index contributed by atoms with van der Waals surface area (Å²) in [5, 5.41) is 0. The minimum absolute atomic E-state index is 0.0840. The maximum absolute atomic E-state index is 13.6. The Morgan fingerprint density at radius 1 is 0.811 bits per heavy atom. The lowest BCUT2D eigenvalue weighted by Gasteiger charge is -2.50. The molecule has 7 unspecified atom stereocenters. The third-order valence-corrected chi connectivity index (χ3v) is 11.8. The molecule has 10 nitrogen and oxygen atoms in total. The number of hydrogen-bond acceptors (Lipinski definition) is 9. The molecular weight excluding hydrogens is 674 g/mol. The van der Waals surface area contributed by atoms with Crippen molar-refractivity contribution < 1.29 is 47.8 Å². The van der Waals surface area contributed by atoms with Crippen molar-refractivity contribution in [3.05, 3.63) is 65.3 Å². The number of esters is 2. The summed E-state index contributed by atoms with van der Waals surface area (Å²) in [6, 6.07) is 7.17. The number of allylic oxidation sites excluding steroid dienone is 5. The van der Waals surface area contributed by atoms with Gasteiger partial charge in [-0.15, -0.1) is 0 Å². The highest BCUT2D eigenvalue weighted by Gasteiger charge is 2.48. The lowest BCUT2D eigenvalue weighted by atomic mass is 9.66. The molecule has 0 aromatic heterocycles. The number of fused-ring (bicyclic) bond motifs is 2. The van der Waals surface area contributed by atoms with Crippen molar-refractivity contribution in [2.45, 2.75) is 116 Å². The highest BCUT2D eigenvalue weighted by atomic mass is 16.5. The van der Waals surface area contributed by atoms with Crippen molar-refractivity contribution in [2.75, 3.05) is 34.5 Å². The Kier molecular flexibility index (Phi) is 13.9. The molecular formula is C43H60NO9+. The second-order valence-corrected chi connectivity index (χ2v) is 15.9. The van der Waals surface area contributed by atoms with Crippen LogP contribution in [0.25, 0.3) is 0 Å². The van der Waals surface area contributed by atoms with Crippen LogP contribution in [0, 0.1) is 22.7 Å². The Hall–Kier alpha value is -3.60. The molecule has 1 aliphatic heterocycles. The number of methoxy groups -OCH3 is 3. The molecule has 7 atom stereocenters. The van der Waals surface area contributed by atoms with Gasteiger partial charge >= 0.3 is 17.8 Å². The molecule has 1 amide bonds. The van der Waals surface area contributed by atoms with E-state index in [2.05, 4.69) is 17.1 Å². The lowest BCUT2D eigenvalue weighted by Crippen LogP contribution is -2.77. The second kappa shape index (κ2) is 18.2. The van der Waals surface area contributed by atoms with Crippen molar-refractivity contribution in [1.82, 2.24) is 0 Å². The van der Waals surface area contributed by atoms with Gasteiger partial charge in [0.2, 0.25) is 5.71 Å². The molecule has 1 saturated heterocycles. The minimum Gasteiger partial charge on any atom is -0.494 e. The zero-order valence-electron chi connectivity index (χ0n) is 32.7. The largest absolute Gasteiger partial charge is 0.494 e. The summed E-state index contributed by atoms with van der Waals surface area (Å²) < 4.78 is 34.8. The van der Waals surface area contributed by atoms with Crippen LogP contribution in [0.2, 0.25) is 0 Å². The molecule has 1 N–H and O–H groups in total. The van der Waals surface area contributed by atoms with Crippen LogP contribution in [0.5, 0.6) is 5.75 Å². The van der Waals surface area contributed by atoms with Gasteiger partial charge in [-0.3, -0.25) is 9.59 Å². The summed E-state index contributed by atoms with van der Waals surface area (Å²) in [6.45, 7) is 8.05. The molecule has 290 valence electrons. The smallest absolute Gasteiger partial charge is 0.418 e. The van der Waals surface area contributed by atoms with Crippen molar-refractivity contribution in [2.24, 2.45) is 22.7 Å². The van der Waals surface area contributed by atoms with Crippen LogP contribution >= 0.6 is 0 Å². The Balaban J connectivity index is 1.18. The number of unbranched alkanes of at least 4 members (excludes halogenated alkanes) is 1. The topological polar surface area (TPSA) is 121 Å². The monoisotopic (exact) mass is 734 g/mol. The highest BCUT2D eigenvalue weighted by Crippen LogP contribution is 2.49. The van der Waals surface area contributed by atoms with E-state index >= 15 is 0 Å². The van der Waals surface area contributed by atoms with Crippen LogP contribution in [0.15, 0.2) is 59.7 Å². The van der Waals surface area contributed by atoms with Crippen molar-refractivity contribution in [3.63, 3.8) is 0 Å². The van der Waals surface area contributed by atoms with Gasteiger partial charge in [-0.25, -0.2) is 4.79 Å². The number of rotatable bonds is 14. The summed E-state index contributed by atoms with van der Waals surface area (Å²) in [4.78, 5) is 42.0. The number of benzene rings is 1. The van der Waals surface area contributed by atoms with Gasteiger partial charge in [-0.1, -0.05) is 19.1 Å².